The number of rotatable bonds is 11. The van der Waals surface area contributed by atoms with E-state index in [4.69, 9.17) is 18.9 Å². The van der Waals surface area contributed by atoms with Gasteiger partial charge in [0.15, 0.2) is 5.82 Å². The maximum Gasteiger partial charge on any atom is 0.433 e. The van der Waals surface area contributed by atoms with E-state index in [1.54, 1.807) is 43.3 Å². The highest BCUT2D eigenvalue weighted by Gasteiger charge is 2.23. The molecule has 0 fully saturated rings. The van der Waals surface area contributed by atoms with Gasteiger partial charge in [0, 0.05) is 12.6 Å². The Labute approximate surface area is 227 Å². The lowest BCUT2D eigenvalue weighted by Gasteiger charge is -2.19. The minimum atomic E-state index is -4.07. The summed E-state index contributed by atoms with van der Waals surface area (Å²) in [6.45, 7) is 7.32. The predicted molar refractivity (Wildman–Crippen MR) is 142 cm³/mol. The first-order valence-electron chi connectivity index (χ1n) is 12.0. The minimum absolute atomic E-state index is 0.0281. The number of carbonyl (C=O) groups excluding carboxylic acids is 1. The minimum Gasteiger partial charge on any atom is -0.497 e. The third kappa shape index (κ3) is 7.94. The average molecular weight is 561 g/mol. The molecule has 0 aliphatic heterocycles. The molecular formula is C26H32N4O8S. The summed E-state index contributed by atoms with van der Waals surface area (Å²) in [6.07, 6.45) is 0.162. The first-order valence-corrected chi connectivity index (χ1v) is 13.5. The predicted octanol–water partition coefficient (Wildman–Crippen LogP) is 4.60. The van der Waals surface area contributed by atoms with Gasteiger partial charge in [-0.2, -0.15) is 10.0 Å². The van der Waals surface area contributed by atoms with Gasteiger partial charge in [0.05, 0.1) is 12.0 Å². The highest BCUT2D eigenvalue weighted by atomic mass is 32.2. The van der Waals surface area contributed by atoms with Gasteiger partial charge in [-0.25, -0.2) is 18.2 Å². The van der Waals surface area contributed by atoms with Gasteiger partial charge >= 0.3 is 6.09 Å². The number of carbonyl (C=O) groups is 1. The highest BCUT2D eigenvalue weighted by Crippen LogP contribution is 2.37. The van der Waals surface area contributed by atoms with Crippen molar-refractivity contribution in [3.05, 3.63) is 60.4 Å². The molecule has 0 radical (unpaired) electrons. The van der Waals surface area contributed by atoms with Gasteiger partial charge in [-0.05, 0) is 42.2 Å². The van der Waals surface area contributed by atoms with E-state index in [1.807, 2.05) is 20.8 Å². The summed E-state index contributed by atoms with van der Waals surface area (Å²) in [5, 5.41) is 9.79. The molecule has 1 aromatic heterocycles. The highest BCUT2D eigenvalue weighted by molar-refractivity contribution is 7.92. The summed E-state index contributed by atoms with van der Waals surface area (Å²) in [5.41, 5.74) is 0.831. The molecule has 0 aliphatic rings. The van der Waals surface area contributed by atoms with Gasteiger partial charge < -0.3 is 18.9 Å². The van der Waals surface area contributed by atoms with E-state index in [2.05, 4.69) is 14.7 Å². The number of ether oxygens (including phenoxy) is 4. The van der Waals surface area contributed by atoms with Crippen molar-refractivity contribution in [2.75, 3.05) is 31.6 Å². The Morgan fingerprint density at radius 2 is 1.74 bits per heavy atom. The van der Waals surface area contributed by atoms with E-state index in [1.165, 1.54) is 19.2 Å². The Hall–Kier alpha value is -4.10. The molecule has 0 aliphatic carbocycles. The number of hydrogen-bond donors (Lipinski definition) is 2. The molecule has 0 unspecified atom stereocenters. The van der Waals surface area contributed by atoms with Gasteiger partial charge in [0.1, 0.15) is 31.0 Å². The fourth-order valence-electron chi connectivity index (χ4n) is 3.20. The van der Waals surface area contributed by atoms with Crippen LogP contribution in [0, 0.1) is 0 Å². The van der Waals surface area contributed by atoms with Gasteiger partial charge in [0.25, 0.3) is 15.9 Å². The largest absolute Gasteiger partial charge is 0.497 e. The number of methoxy groups -OCH3 is 1. The number of hydroxylamine groups is 2. The standard InChI is InChI=1S/C26H32N4O8S/c1-6-30(32)25(31)37-15-14-36-24-22(38-20-9-7-8-19(16-20)35-5)23(27-17-28-24)29-39(33,34)21-12-10-18(11-13-21)26(2,3)4/h7-13,16-17,32H,6,14-15H2,1-5H3,(H,27,28,29). The maximum absolute atomic E-state index is 13.2. The quantitative estimate of drug-likeness (QED) is 0.193. The van der Waals surface area contributed by atoms with Crippen LogP contribution in [0.2, 0.25) is 0 Å². The molecule has 3 rings (SSSR count). The Morgan fingerprint density at radius 3 is 2.38 bits per heavy atom. The van der Waals surface area contributed by atoms with Crippen molar-refractivity contribution < 1.29 is 37.4 Å². The number of hydrogen-bond acceptors (Lipinski definition) is 10. The molecule has 0 spiro atoms. The Morgan fingerprint density at radius 1 is 1.05 bits per heavy atom. The molecular weight excluding hydrogens is 528 g/mol. The van der Waals surface area contributed by atoms with Crippen LogP contribution in [-0.2, 0) is 20.2 Å². The first kappa shape index (κ1) is 29.5. The summed E-state index contributed by atoms with van der Waals surface area (Å²) < 4.78 is 50.6. The molecule has 12 nitrogen and oxygen atoms in total. The third-order valence-corrected chi connectivity index (χ3v) is 6.71. The number of sulfonamides is 1. The molecule has 13 heteroatoms. The third-order valence-electron chi connectivity index (χ3n) is 5.35. The lowest BCUT2D eigenvalue weighted by atomic mass is 9.87. The van der Waals surface area contributed by atoms with Crippen LogP contribution in [-0.4, -0.2) is 61.6 Å². The summed E-state index contributed by atoms with van der Waals surface area (Å²) in [4.78, 5) is 19.8. The fourth-order valence-corrected chi connectivity index (χ4v) is 4.21. The average Bonchev–Trinajstić information content (AvgIpc) is 2.91. The van der Waals surface area contributed by atoms with Crippen molar-refractivity contribution in [3.63, 3.8) is 0 Å². The van der Waals surface area contributed by atoms with Crippen LogP contribution < -0.4 is 18.9 Å². The van der Waals surface area contributed by atoms with Crippen LogP contribution in [0.3, 0.4) is 0 Å². The van der Waals surface area contributed by atoms with Crippen LogP contribution in [0.15, 0.2) is 59.8 Å². The van der Waals surface area contributed by atoms with Crippen molar-refractivity contribution in [1.82, 2.24) is 15.0 Å². The van der Waals surface area contributed by atoms with Crippen LogP contribution in [0.5, 0.6) is 23.1 Å². The smallest absolute Gasteiger partial charge is 0.433 e. The number of nitrogens with zero attached hydrogens (tertiary/aromatic N) is 3. The van der Waals surface area contributed by atoms with Crippen LogP contribution >= 0.6 is 0 Å². The zero-order chi connectivity index (χ0) is 28.6. The molecule has 39 heavy (non-hydrogen) atoms. The van der Waals surface area contributed by atoms with E-state index in [0.29, 0.717) is 16.6 Å². The summed E-state index contributed by atoms with van der Waals surface area (Å²) in [6, 6.07) is 13.2. The first-order chi connectivity index (χ1) is 18.4. The van der Waals surface area contributed by atoms with Gasteiger partial charge in [-0.3, -0.25) is 9.93 Å². The maximum atomic E-state index is 13.2. The summed E-state index contributed by atoms with van der Waals surface area (Å²) >= 11 is 0. The Kier molecular flexibility index (Phi) is 9.54. The molecule has 0 saturated heterocycles. The second-order valence-electron chi connectivity index (χ2n) is 9.20. The second kappa shape index (κ2) is 12.6. The molecule has 1 heterocycles. The molecule has 0 bridgehead atoms. The molecule has 2 N–H and O–H groups in total. The number of anilines is 1. The van der Waals surface area contributed by atoms with E-state index in [0.717, 1.165) is 11.9 Å². The van der Waals surface area contributed by atoms with Crippen LogP contribution in [0.25, 0.3) is 0 Å². The van der Waals surface area contributed by atoms with Crippen molar-refractivity contribution >= 4 is 21.9 Å². The monoisotopic (exact) mass is 560 g/mol. The van der Waals surface area contributed by atoms with Crippen molar-refractivity contribution in [2.24, 2.45) is 0 Å². The number of amides is 1. The Balaban J connectivity index is 1.89. The summed E-state index contributed by atoms with van der Waals surface area (Å²) in [7, 11) is -2.57. The lowest BCUT2D eigenvalue weighted by molar-refractivity contribution is -0.0717. The molecule has 210 valence electrons. The van der Waals surface area contributed by atoms with Crippen molar-refractivity contribution in [1.29, 1.82) is 0 Å². The van der Waals surface area contributed by atoms with Crippen molar-refractivity contribution in [3.8, 4) is 23.1 Å². The van der Waals surface area contributed by atoms with Gasteiger partial charge in [0.2, 0.25) is 5.75 Å². The van der Waals surface area contributed by atoms with Crippen LogP contribution in [0.1, 0.15) is 33.3 Å². The number of benzene rings is 2. The number of aromatic nitrogens is 2. The molecule has 0 saturated carbocycles. The van der Waals surface area contributed by atoms with E-state index in [-0.39, 0.29) is 47.5 Å². The lowest BCUT2D eigenvalue weighted by Crippen LogP contribution is -2.29. The van der Waals surface area contributed by atoms with Gasteiger partial charge in [-0.15, -0.1) is 0 Å². The van der Waals surface area contributed by atoms with Gasteiger partial charge in [-0.1, -0.05) is 39.0 Å². The molecule has 1 amide bonds. The molecule has 3 aromatic rings. The van der Waals surface area contributed by atoms with E-state index < -0.39 is 16.1 Å². The second-order valence-corrected chi connectivity index (χ2v) is 10.9. The normalized spacial score (nSPS) is 11.4. The molecule has 2 aromatic carbocycles. The Bertz CT molecular complexity index is 1380. The zero-order valence-electron chi connectivity index (χ0n) is 22.4. The van der Waals surface area contributed by atoms with Crippen molar-refractivity contribution in [2.45, 2.75) is 38.0 Å². The summed E-state index contributed by atoms with van der Waals surface area (Å²) in [5.74, 6) is 0.399. The van der Waals surface area contributed by atoms with E-state index in [9.17, 15) is 18.4 Å². The topological polar surface area (TPSA) is 149 Å². The number of nitrogens with one attached hydrogen (secondary N) is 1. The van der Waals surface area contributed by atoms with Crippen LogP contribution in [0.4, 0.5) is 10.6 Å². The fraction of sp³-hybridized carbons (Fsp3) is 0.346. The zero-order valence-corrected chi connectivity index (χ0v) is 23.2. The SMILES string of the molecule is CCN(O)C(=O)OCCOc1ncnc(NS(=O)(=O)c2ccc(C(C)(C)C)cc2)c1Oc1cccc(OC)c1. The van der Waals surface area contributed by atoms with E-state index >= 15 is 0 Å². The molecule has 0 atom stereocenters.